The van der Waals surface area contributed by atoms with Crippen LogP contribution in [0.25, 0.3) is 0 Å². The quantitative estimate of drug-likeness (QED) is 0.890. The Bertz CT molecular complexity index is 561. The zero-order valence-electron chi connectivity index (χ0n) is 13.1. The van der Waals surface area contributed by atoms with Gasteiger partial charge in [0.15, 0.2) is 11.5 Å². The average Bonchev–Trinajstić information content (AvgIpc) is 3.15. The Kier molecular flexibility index (Phi) is 4.38. The Morgan fingerprint density at radius 2 is 2.18 bits per heavy atom. The topological polar surface area (TPSA) is 60.0 Å². The smallest absolute Gasteiger partial charge is 0.231 e. The van der Waals surface area contributed by atoms with Gasteiger partial charge in [-0.2, -0.15) is 0 Å². The molecule has 0 aromatic heterocycles. The lowest BCUT2D eigenvalue weighted by atomic mass is 10.0. The molecule has 1 aromatic rings. The molecule has 6 heteroatoms. The average molecular weight is 306 g/mol. The molecule has 0 unspecified atom stereocenters. The summed E-state index contributed by atoms with van der Waals surface area (Å²) < 4.78 is 16.3. The van der Waals surface area contributed by atoms with Crippen LogP contribution in [0.4, 0.5) is 0 Å². The molecule has 0 bridgehead atoms. The zero-order chi connectivity index (χ0) is 15.5. The lowest BCUT2D eigenvalue weighted by Gasteiger charge is -2.18. The second kappa shape index (κ2) is 6.44. The van der Waals surface area contributed by atoms with Crippen molar-refractivity contribution in [2.75, 3.05) is 34.0 Å². The Morgan fingerprint density at radius 3 is 2.91 bits per heavy atom. The van der Waals surface area contributed by atoms with Gasteiger partial charge < -0.3 is 19.5 Å². The van der Waals surface area contributed by atoms with Gasteiger partial charge in [-0.1, -0.05) is 0 Å². The van der Waals surface area contributed by atoms with E-state index in [9.17, 15) is 4.79 Å². The monoisotopic (exact) mass is 306 g/mol. The molecule has 1 N–H and O–H groups in total. The maximum atomic E-state index is 11.5. The molecule has 22 heavy (non-hydrogen) atoms. The third-order valence-corrected chi connectivity index (χ3v) is 4.29. The number of hydrogen-bond acceptors (Lipinski definition) is 5. The first-order valence-electron chi connectivity index (χ1n) is 7.59. The first-order valence-corrected chi connectivity index (χ1v) is 7.59. The molecule has 1 amide bonds. The van der Waals surface area contributed by atoms with Gasteiger partial charge in [0.05, 0.1) is 7.11 Å². The largest absolute Gasteiger partial charge is 0.496 e. The van der Waals surface area contributed by atoms with E-state index in [1.54, 1.807) is 14.2 Å². The van der Waals surface area contributed by atoms with Gasteiger partial charge in [-0.3, -0.25) is 9.69 Å². The number of benzene rings is 1. The molecule has 3 rings (SSSR count). The molecule has 0 spiro atoms. The second-order valence-corrected chi connectivity index (χ2v) is 5.78. The summed E-state index contributed by atoms with van der Waals surface area (Å²) in [5.41, 5.74) is 1.09. The maximum absolute atomic E-state index is 11.5. The highest BCUT2D eigenvalue weighted by molar-refractivity contribution is 5.75. The highest BCUT2D eigenvalue weighted by atomic mass is 16.7. The molecule has 1 fully saturated rings. The maximum Gasteiger partial charge on any atom is 0.231 e. The van der Waals surface area contributed by atoms with Gasteiger partial charge in [-0.15, -0.1) is 0 Å². The van der Waals surface area contributed by atoms with Crippen LogP contribution in [0.3, 0.4) is 0 Å². The molecule has 0 radical (unpaired) electrons. The standard InChI is InChI=1S/C16H22N2O4/c1-17-16(19)5-11-3-4-18(8-11)9-12-6-14-15(22-10-21-14)7-13(12)20-2/h6-7,11H,3-5,8-10H2,1-2H3,(H,17,19)/t11-/m0/s1. The lowest BCUT2D eigenvalue weighted by molar-refractivity contribution is -0.121. The van der Waals surface area contributed by atoms with E-state index in [4.69, 9.17) is 14.2 Å². The molecular formula is C16H22N2O4. The predicted molar refractivity (Wildman–Crippen MR) is 81.2 cm³/mol. The molecule has 2 aliphatic heterocycles. The first-order chi connectivity index (χ1) is 10.7. The van der Waals surface area contributed by atoms with Crippen molar-refractivity contribution in [1.82, 2.24) is 10.2 Å². The summed E-state index contributed by atoms with van der Waals surface area (Å²) in [5.74, 6) is 2.88. The van der Waals surface area contributed by atoms with Crippen LogP contribution in [-0.4, -0.2) is 44.8 Å². The molecule has 0 saturated carbocycles. The number of amides is 1. The Balaban J connectivity index is 1.65. The molecule has 1 saturated heterocycles. The van der Waals surface area contributed by atoms with E-state index in [1.807, 2.05) is 12.1 Å². The van der Waals surface area contributed by atoms with Crippen LogP contribution in [0, 0.1) is 5.92 Å². The summed E-state index contributed by atoms with van der Waals surface area (Å²) in [4.78, 5) is 13.8. The second-order valence-electron chi connectivity index (χ2n) is 5.78. The van der Waals surface area contributed by atoms with Crippen molar-refractivity contribution in [2.45, 2.75) is 19.4 Å². The van der Waals surface area contributed by atoms with Crippen molar-refractivity contribution in [3.05, 3.63) is 17.7 Å². The zero-order valence-corrected chi connectivity index (χ0v) is 13.1. The van der Waals surface area contributed by atoms with Gasteiger partial charge in [0.1, 0.15) is 5.75 Å². The van der Waals surface area contributed by atoms with Gasteiger partial charge in [0.2, 0.25) is 12.7 Å². The van der Waals surface area contributed by atoms with E-state index in [0.29, 0.717) is 12.3 Å². The van der Waals surface area contributed by atoms with Gasteiger partial charge in [0.25, 0.3) is 0 Å². The fourth-order valence-corrected chi connectivity index (χ4v) is 3.11. The summed E-state index contributed by atoms with van der Waals surface area (Å²) in [5, 5.41) is 2.70. The van der Waals surface area contributed by atoms with Gasteiger partial charge >= 0.3 is 0 Å². The summed E-state index contributed by atoms with van der Waals surface area (Å²) in [6.07, 6.45) is 1.66. The van der Waals surface area contributed by atoms with Crippen molar-refractivity contribution in [3.63, 3.8) is 0 Å². The van der Waals surface area contributed by atoms with Crippen LogP contribution in [0.2, 0.25) is 0 Å². The summed E-state index contributed by atoms with van der Waals surface area (Å²) in [7, 11) is 3.35. The molecule has 120 valence electrons. The molecular weight excluding hydrogens is 284 g/mol. The molecule has 1 atom stereocenters. The van der Waals surface area contributed by atoms with E-state index in [2.05, 4.69) is 10.2 Å². The van der Waals surface area contributed by atoms with Crippen LogP contribution in [0.5, 0.6) is 17.2 Å². The number of ether oxygens (including phenoxy) is 3. The third-order valence-electron chi connectivity index (χ3n) is 4.29. The van der Waals surface area contributed by atoms with E-state index >= 15 is 0 Å². The fourth-order valence-electron chi connectivity index (χ4n) is 3.11. The minimum absolute atomic E-state index is 0.118. The molecule has 2 aliphatic rings. The number of carbonyl (C=O) groups is 1. The highest BCUT2D eigenvalue weighted by Gasteiger charge is 2.26. The van der Waals surface area contributed by atoms with E-state index in [-0.39, 0.29) is 12.7 Å². The van der Waals surface area contributed by atoms with Crippen LogP contribution in [0.15, 0.2) is 12.1 Å². The van der Waals surface area contributed by atoms with Crippen molar-refractivity contribution in [2.24, 2.45) is 5.92 Å². The van der Waals surface area contributed by atoms with Crippen LogP contribution in [0.1, 0.15) is 18.4 Å². The number of nitrogens with zero attached hydrogens (tertiary/aromatic N) is 1. The van der Waals surface area contributed by atoms with Crippen LogP contribution < -0.4 is 19.5 Å². The Labute approximate surface area is 130 Å². The summed E-state index contributed by atoms with van der Waals surface area (Å²) >= 11 is 0. The molecule has 0 aliphatic carbocycles. The van der Waals surface area contributed by atoms with Crippen molar-refractivity contribution >= 4 is 5.91 Å². The SMILES string of the molecule is CNC(=O)C[C@@H]1CCN(Cc2cc3c(cc2OC)OCO3)C1. The van der Waals surface area contributed by atoms with Crippen LogP contribution in [-0.2, 0) is 11.3 Å². The number of nitrogens with one attached hydrogen (secondary N) is 1. The van der Waals surface area contributed by atoms with Crippen molar-refractivity contribution in [1.29, 1.82) is 0 Å². The number of hydrogen-bond donors (Lipinski definition) is 1. The van der Waals surface area contributed by atoms with Gasteiger partial charge in [-0.05, 0) is 24.9 Å². The lowest BCUT2D eigenvalue weighted by Crippen LogP contribution is -2.24. The van der Waals surface area contributed by atoms with E-state index in [0.717, 1.165) is 48.9 Å². The normalized spacial score (nSPS) is 20.2. The fraction of sp³-hybridized carbons (Fsp3) is 0.562. The number of methoxy groups -OCH3 is 1. The van der Waals surface area contributed by atoms with Crippen molar-refractivity contribution in [3.8, 4) is 17.2 Å². The van der Waals surface area contributed by atoms with E-state index in [1.165, 1.54) is 0 Å². The van der Waals surface area contributed by atoms with Crippen LogP contribution >= 0.6 is 0 Å². The van der Waals surface area contributed by atoms with E-state index < -0.39 is 0 Å². The Morgan fingerprint density at radius 1 is 1.41 bits per heavy atom. The molecule has 6 nitrogen and oxygen atoms in total. The first kappa shape index (κ1) is 15.0. The van der Waals surface area contributed by atoms with Crippen molar-refractivity contribution < 1.29 is 19.0 Å². The highest BCUT2D eigenvalue weighted by Crippen LogP contribution is 2.39. The Hall–Kier alpha value is -1.95. The summed E-state index contributed by atoms with van der Waals surface area (Å²) in [6.45, 7) is 2.99. The number of carbonyl (C=O) groups excluding carboxylic acids is 1. The minimum atomic E-state index is 0.118. The minimum Gasteiger partial charge on any atom is -0.496 e. The number of rotatable bonds is 5. The van der Waals surface area contributed by atoms with Gasteiger partial charge in [0, 0.05) is 38.2 Å². The predicted octanol–water partition coefficient (Wildman–Crippen LogP) is 1.38. The summed E-state index contributed by atoms with van der Waals surface area (Å²) in [6, 6.07) is 3.88. The third kappa shape index (κ3) is 3.11. The number of likely N-dealkylation sites (tertiary alicyclic amines) is 1. The number of fused-ring (bicyclic) bond motifs is 1. The van der Waals surface area contributed by atoms with Gasteiger partial charge in [-0.25, -0.2) is 0 Å². The molecule has 2 heterocycles. The molecule has 1 aromatic carbocycles.